The zero-order chi connectivity index (χ0) is 23.7. The summed E-state index contributed by atoms with van der Waals surface area (Å²) in [7, 11) is 0. The molecule has 1 atom stereocenters. The van der Waals surface area contributed by atoms with Crippen LogP contribution in [0.25, 0.3) is 11.2 Å². The molecule has 2 aliphatic rings. The van der Waals surface area contributed by atoms with Crippen LogP contribution in [0.1, 0.15) is 18.9 Å². The fourth-order valence-electron chi connectivity index (χ4n) is 4.55. The summed E-state index contributed by atoms with van der Waals surface area (Å²) >= 11 is 0. The number of ether oxygens (including phenoxy) is 1. The minimum absolute atomic E-state index is 0.00931. The van der Waals surface area contributed by atoms with Gasteiger partial charge in [0.1, 0.15) is 11.3 Å². The van der Waals surface area contributed by atoms with Gasteiger partial charge in [0, 0.05) is 31.9 Å². The predicted molar refractivity (Wildman–Crippen MR) is 127 cm³/mol. The topological polar surface area (TPSA) is 114 Å². The van der Waals surface area contributed by atoms with Crippen molar-refractivity contribution in [1.29, 1.82) is 0 Å². The highest BCUT2D eigenvalue weighted by Gasteiger charge is 2.26. The molecule has 2 saturated heterocycles. The van der Waals surface area contributed by atoms with Crippen LogP contribution in [0.3, 0.4) is 0 Å². The number of anilines is 4. The number of fused-ring (bicyclic) bond motifs is 1. The number of hydrogen-bond acceptors (Lipinski definition) is 8. The van der Waals surface area contributed by atoms with Crippen LogP contribution in [0.4, 0.5) is 27.5 Å². The maximum Gasteiger partial charge on any atom is 0.246 e. The molecule has 34 heavy (non-hydrogen) atoms. The van der Waals surface area contributed by atoms with Crippen molar-refractivity contribution in [2.75, 3.05) is 55.3 Å². The lowest BCUT2D eigenvalue weighted by Crippen LogP contribution is -2.39. The van der Waals surface area contributed by atoms with Crippen molar-refractivity contribution >= 4 is 40.2 Å². The maximum absolute atomic E-state index is 14.8. The van der Waals surface area contributed by atoms with E-state index in [0.29, 0.717) is 61.9 Å². The van der Waals surface area contributed by atoms with E-state index < -0.39 is 0 Å². The summed E-state index contributed by atoms with van der Waals surface area (Å²) in [6, 6.07) is 4.96. The molecule has 0 saturated carbocycles. The second-order valence-corrected chi connectivity index (χ2v) is 8.43. The van der Waals surface area contributed by atoms with Gasteiger partial charge in [0.2, 0.25) is 11.9 Å². The summed E-state index contributed by atoms with van der Waals surface area (Å²) < 4.78 is 22.1. The molecule has 11 heteroatoms. The Kier molecular flexibility index (Phi) is 6.01. The number of nitrogens with zero attached hydrogens (tertiary/aromatic N) is 6. The van der Waals surface area contributed by atoms with Gasteiger partial charge < -0.3 is 30.2 Å². The van der Waals surface area contributed by atoms with Crippen molar-refractivity contribution < 1.29 is 13.9 Å². The number of aromatic nitrogens is 4. The smallest absolute Gasteiger partial charge is 0.246 e. The predicted octanol–water partition coefficient (Wildman–Crippen LogP) is 2.48. The number of amides is 1. The van der Waals surface area contributed by atoms with E-state index in [1.165, 1.54) is 12.1 Å². The number of likely N-dealkylation sites (tertiary alicyclic amines) is 1. The van der Waals surface area contributed by atoms with Gasteiger partial charge in [-0.1, -0.05) is 6.58 Å². The van der Waals surface area contributed by atoms with Gasteiger partial charge in [0.15, 0.2) is 11.5 Å². The largest absolute Gasteiger partial charge is 0.382 e. The Bertz CT molecular complexity index is 1220. The van der Waals surface area contributed by atoms with Crippen molar-refractivity contribution in [3.63, 3.8) is 0 Å². The van der Waals surface area contributed by atoms with E-state index in [-0.39, 0.29) is 29.5 Å². The number of nitrogen functional groups attached to an aromatic ring is 1. The monoisotopic (exact) mass is 466 g/mol. The Balaban J connectivity index is 1.40. The van der Waals surface area contributed by atoms with Crippen LogP contribution < -0.4 is 16.0 Å². The third kappa shape index (κ3) is 4.26. The molecule has 0 bridgehead atoms. The van der Waals surface area contributed by atoms with Gasteiger partial charge in [-0.2, -0.15) is 9.97 Å². The molecular formula is C23H27FN8O2. The van der Waals surface area contributed by atoms with Gasteiger partial charge in [0.25, 0.3) is 0 Å². The number of benzene rings is 1. The molecule has 178 valence electrons. The van der Waals surface area contributed by atoms with Crippen LogP contribution in [0.2, 0.25) is 0 Å². The zero-order valence-electron chi connectivity index (χ0n) is 18.8. The fraction of sp³-hybridized carbons (Fsp3) is 0.391. The Labute approximate surface area is 196 Å². The summed E-state index contributed by atoms with van der Waals surface area (Å²) in [5, 5.41) is 3.06. The van der Waals surface area contributed by atoms with Crippen LogP contribution in [0, 0.1) is 5.82 Å². The number of nitrogens with one attached hydrogen (secondary N) is 1. The molecule has 0 aliphatic carbocycles. The number of morpholine rings is 1. The van der Waals surface area contributed by atoms with Gasteiger partial charge >= 0.3 is 0 Å². The average Bonchev–Trinajstić information content (AvgIpc) is 3.29. The number of nitrogens with two attached hydrogens (primary N) is 1. The SMILES string of the molecule is C=CC(=O)N1CCC[C@H](n2cnc3c(N)nc(Nc4ccc(N5CCOCC5)c(F)c4)nc32)C1. The molecule has 4 heterocycles. The third-order valence-electron chi connectivity index (χ3n) is 6.28. The van der Waals surface area contributed by atoms with E-state index in [0.717, 1.165) is 12.8 Å². The minimum atomic E-state index is -0.333. The molecule has 2 aromatic heterocycles. The van der Waals surface area contributed by atoms with E-state index in [1.54, 1.807) is 23.4 Å². The molecule has 5 rings (SSSR count). The standard InChI is InChI=1S/C23H27FN8O2/c1-2-19(33)31-7-3-4-16(13-31)32-14-26-20-21(25)28-23(29-22(20)32)27-15-5-6-18(17(24)12-15)30-8-10-34-11-9-30/h2,5-6,12,14,16H,1,3-4,7-11,13H2,(H3,25,27,28,29)/t16-/m0/s1. The fourth-order valence-corrected chi connectivity index (χ4v) is 4.55. The molecule has 3 aromatic rings. The molecule has 2 fully saturated rings. The lowest BCUT2D eigenvalue weighted by molar-refractivity contribution is -0.127. The first-order chi connectivity index (χ1) is 16.5. The van der Waals surface area contributed by atoms with Crippen molar-refractivity contribution in [3.8, 4) is 0 Å². The van der Waals surface area contributed by atoms with Crippen LogP contribution in [0.15, 0.2) is 37.2 Å². The Morgan fingerprint density at radius 3 is 2.85 bits per heavy atom. The first kappa shape index (κ1) is 22.1. The lowest BCUT2D eigenvalue weighted by Gasteiger charge is -2.32. The molecule has 1 amide bonds. The number of rotatable bonds is 5. The maximum atomic E-state index is 14.8. The summed E-state index contributed by atoms with van der Waals surface area (Å²) in [5.41, 5.74) is 8.28. The van der Waals surface area contributed by atoms with Crippen molar-refractivity contribution in [1.82, 2.24) is 24.4 Å². The van der Waals surface area contributed by atoms with Gasteiger partial charge in [-0.3, -0.25) is 4.79 Å². The summed E-state index contributed by atoms with van der Waals surface area (Å²) in [5.74, 6) is 0.0555. The minimum Gasteiger partial charge on any atom is -0.382 e. The van der Waals surface area contributed by atoms with Gasteiger partial charge in [-0.05, 0) is 37.1 Å². The molecular weight excluding hydrogens is 439 g/mol. The first-order valence-corrected chi connectivity index (χ1v) is 11.3. The number of piperidine rings is 1. The van der Waals surface area contributed by atoms with Crippen LogP contribution >= 0.6 is 0 Å². The third-order valence-corrected chi connectivity index (χ3v) is 6.28. The Hall–Kier alpha value is -3.73. The summed E-state index contributed by atoms with van der Waals surface area (Å²) in [6.07, 6.45) is 4.76. The molecule has 0 spiro atoms. The summed E-state index contributed by atoms with van der Waals surface area (Å²) in [6.45, 7) is 7.30. The number of carbonyl (C=O) groups is 1. The van der Waals surface area contributed by atoms with Crippen molar-refractivity contribution in [3.05, 3.63) is 43.0 Å². The normalized spacial score (nSPS) is 18.8. The second kappa shape index (κ2) is 9.26. The van der Waals surface area contributed by atoms with Crippen molar-refractivity contribution in [2.24, 2.45) is 0 Å². The zero-order valence-corrected chi connectivity index (χ0v) is 18.8. The van der Waals surface area contributed by atoms with E-state index in [1.807, 2.05) is 9.47 Å². The molecule has 0 radical (unpaired) electrons. The van der Waals surface area contributed by atoms with Crippen molar-refractivity contribution in [2.45, 2.75) is 18.9 Å². The average molecular weight is 467 g/mol. The van der Waals surface area contributed by atoms with E-state index >= 15 is 0 Å². The highest BCUT2D eigenvalue weighted by atomic mass is 19.1. The van der Waals surface area contributed by atoms with Gasteiger partial charge in [-0.25, -0.2) is 9.37 Å². The number of imidazole rings is 1. The van der Waals surface area contributed by atoms with Crippen LogP contribution in [-0.2, 0) is 9.53 Å². The summed E-state index contributed by atoms with van der Waals surface area (Å²) in [4.78, 5) is 29.2. The molecule has 1 aromatic carbocycles. The highest BCUT2D eigenvalue weighted by Crippen LogP contribution is 2.29. The number of hydrogen-bond donors (Lipinski definition) is 2. The highest BCUT2D eigenvalue weighted by molar-refractivity contribution is 5.87. The molecule has 0 unspecified atom stereocenters. The van der Waals surface area contributed by atoms with Gasteiger partial charge in [-0.15, -0.1) is 0 Å². The Morgan fingerprint density at radius 1 is 1.26 bits per heavy atom. The first-order valence-electron chi connectivity index (χ1n) is 11.3. The quantitative estimate of drug-likeness (QED) is 0.551. The number of halogens is 1. The van der Waals surface area contributed by atoms with E-state index in [2.05, 4.69) is 26.8 Å². The molecule has 2 aliphatic heterocycles. The number of carbonyl (C=O) groups excluding carboxylic acids is 1. The lowest BCUT2D eigenvalue weighted by atomic mass is 10.1. The second-order valence-electron chi connectivity index (χ2n) is 8.43. The molecule has 3 N–H and O–H groups in total. The van der Waals surface area contributed by atoms with Crippen LogP contribution in [-0.4, -0.2) is 69.7 Å². The van der Waals surface area contributed by atoms with Gasteiger partial charge in [0.05, 0.1) is 31.3 Å². The van der Waals surface area contributed by atoms with E-state index in [4.69, 9.17) is 10.5 Å². The Morgan fingerprint density at radius 2 is 2.09 bits per heavy atom. The molecule has 10 nitrogen and oxygen atoms in total. The van der Waals surface area contributed by atoms with E-state index in [9.17, 15) is 9.18 Å². The van der Waals surface area contributed by atoms with Crippen LogP contribution in [0.5, 0.6) is 0 Å².